The summed E-state index contributed by atoms with van der Waals surface area (Å²) in [6, 6.07) is 5.77. The molecular weight excluding hydrogens is 270 g/mol. The summed E-state index contributed by atoms with van der Waals surface area (Å²) in [4.78, 5) is 12.3. The van der Waals surface area contributed by atoms with Gasteiger partial charge in [-0.1, -0.05) is 30.7 Å². The highest BCUT2D eigenvalue weighted by atomic mass is 35.5. The van der Waals surface area contributed by atoms with Crippen LogP contribution in [-0.4, -0.2) is 24.9 Å². The van der Waals surface area contributed by atoms with Gasteiger partial charge in [0.2, 0.25) is 0 Å². The number of ether oxygens (including phenoxy) is 1. The largest absolute Gasteiger partial charge is 0.465 e. The average Bonchev–Trinajstić information content (AvgIpc) is 2.35. The molecular formula is C13H18ClNO2S. The third kappa shape index (κ3) is 4.88. The monoisotopic (exact) mass is 287 g/mol. The van der Waals surface area contributed by atoms with Crippen LogP contribution in [0.5, 0.6) is 0 Å². The first kappa shape index (κ1) is 15.3. The number of halogens is 1. The minimum atomic E-state index is -0.211. The van der Waals surface area contributed by atoms with Crippen LogP contribution in [0.1, 0.15) is 19.4 Å². The molecule has 1 aromatic carbocycles. The fraction of sp³-hybridized carbons (Fsp3) is 0.462. The van der Waals surface area contributed by atoms with Crippen molar-refractivity contribution >= 4 is 29.3 Å². The van der Waals surface area contributed by atoms with Gasteiger partial charge in [-0.25, -0.2) is 0 Å². The Morgan fingerprint density at radius 3 is 2.89 bits per heavy atom. The Hall–Kier alpha value is -0.710. The van der Waals surface area contributed by atoms with E-state index < -0.39 is 0 Å². The van der Waals surface area contributed by atoms with Crippen molar-refractivity contribution in [2.75, 3.05) is 18.9 Å². The van der Waals surface area contributed by atoms with Gasteiger partial charge in [-0.3, -0.25) is 4.79 Å². The second-order valence-corrected chi connectivity index (χ2v) is 4.99. The van der Waals surface area contributed by atoms with E-state index in [1.165, 1.54) is 11.8 Å². The number of hydrogen-bond donors (Lipinski definition) is 1. The lowest BCUT2D eigenvalue weighted by Gasteiger charge is -2.11. The molecule has 0 aromatic heterocycles. The maximum atomic E-state index is 11.4. The number of thioether (sulfide) groups is 1. The number of carbonyl (C=O) groups excluding carboxylic acids is 1. The van der Waals surface area contributed by atoms with Crippen molar-refractivity contribution in [1.82, 2.24) is 5.32 Å². The standard InChI is InChI=1S/C13H18ClNO2S/c1-3-15-8-10-6-5-7-11(14)13(10)18-9-12(16)17-4-2/h5-7,15H,3-4,8-9H2,1-2H3. The molecule has 5 heteroatoms. The lowest BCUT2D eigenvalue weighted by Crippen LogP contribution is -2.13. The molecule has 0 aliphatic carbocycles. The van der Waals surface area contributed by atoms with E-state index in [1.807, 2.05) is 18.2 Å². The molecule has 0 saturated carbocycles. The molecule has 0 atom stereocenters. The molecule has 1 aromatic rings. The van der Waals surface area contributed by atoms with Crippen molar-refractivity contribution in [2.45, 2.75) is 25.3 Å². The Kier molecular flexibility index (Phi) is 7.16. The predicted octanol–water partition coefficient (Wildman–Crippen LogP) is 3.10. The Labute approximate surface area is 117 Å². The average molecular weight is 288 g/mol. The fourth-order valence-electron chi connectivity index (χ4n) is 1.45. The molecule has 0 aliphatic heterocycles. The number of hydrogen-bond acceptors (Lipinski definition) is 4. The van der Waals surface area contributed by atoms with Gasteiger partial charge in [0.15, 0.2) is 0 Å². The summed E-state index contributed by atoms with van der Waals surface area (Å²) in [7, 11) is 0. The number of nitrogens with one attached hydrogen (secondary N) is 1. The van der Waals surface area contributed by atoms with Crippen molar-refractivity contribution in [3.05, 3.63) is 28.8 Å². The van der Waals surface area contributed by atoms with Crippen LogP contribution >= 0.6 is 23.4 Å². The van der Waals surface area contributed by atoms with E-state index >= 15 is 0 Å². The highest BCUT2D eigenvalue weighted by Crippen LogP contribution is 2.30. The molecule has 100 valence electrons. The normalized spacial score (nSPS) is 10.4. The summed E-state index contributed by atoms with van der Waals surface area (Å²) in [5.41, 5.74) is 1.11. The van der Waals surface area contributed by atoms with Gasteiger partial charge in [-0.15, -0.1) is 11.8 Å². The van der Waals surface area contributed by atoms with E-state index in [2.05, 4.69) is 12.2 Å². The van der Waals surface area contributed by atoms with E-state index in [-0.39, 0.29) is 11.7 Å². The van der Waals surface area contributed by atoms with Crippen LogP contribution in [0.15, 0.2) is 23.1 Å². The molecule has 1 N–H and O–H groups in total. The molecule has 1 rings (SSSR count). The second kappa shape index (κ2) is 8.40. The lowest BCUT2D eigenvalue weighted by atomic mass is 10.2. The summed E-state index contributed by atoms with van der Waals surface area (Å²) in [6.45, 7) is 5.91. The molecule has 3 nitrogen and oxygen atoms in total. The van der Waals surface area contributed by atoms with Crippen LogP contribution in [0, 0.1) is 0 Å². The Morgan fingerprint density at radius 2 is 2.22 bits per heavy atom. The zero-order valence-corrected chi connectivity index (χ0v) is 12.2. The zero-order valence-electron chi connectivity index (χ0n) is 10.7. The zero-order chi connectivity index (χ0) is 13.4. The van der Waals surface area contributed by atoms with Crippen molar-refractivity contribution in [2.24, 2.45) is 0 Å². The van der Waals surface area contributed by atoms with Gasteiger partial charge >= 0.3 is 5.97 Å². The number of esters is 1. The van der Waals surface area contributed by atoms with E-state index in [4.69, 9.17) is 16.3 Å². The van der Waals surface area contributed by atoms with Crippen LogP contribution in [0.25, 0.3) is 0 Å². The smallest absolute Gasteiger partial charge is 0.316 e. The van der Waals surface area contributed by atoms with Gasteiger partial charge in [0.25, 0.3) is 0 Å². The summed E-state index contributed by atoms with van der Waals surface area (Å²) in [5.74, 6) is 0.0771. The molecule has 0 fully saturated rings. The van der Waals surface area contributed by atoms with Gasteiger partial charge in [-0.05, 0) is 25.1 Å². The maximum absolute atomic E-state index is 11.4. The van der Waals surface area contributed by atoms with E-state index in [9.17, 15) is 4.79 Å². The molecule has 0 saturated heterocycles. The molecule has 0 spiro atoms. The topological polar surface area (TPSA) is 38.3 Å². The van der Waals surface area contributed by atoms with Crippen LogP contribution < -0.4 is 5.32 Å². The molecule has 0 amide bonds. The van der Waals surface area contributed by atoms with Gasteiger partial charge in [0.1, 0.15) is 0 Å². The second-order valence-electron chi connectivity index (χ2n) is 3.60. The van der Waals surface area contributed by atoms with Crippen molar-refractivity contribution < 1.29 is 9.53 Å². The third-order valence-corrected chi connectivity index (χ3v) is 3.83. The molecule has 0 aliphatic rings. The van der Waals surface area contributed by atoms with Gasteiger partial charge in [0, 0.05) is 11.4 Å². The van der Waals surface area contributed by atoms with Gasteiger partial charge in [-0.2, -0.15) is 0 Å². The lowest BCUT2D eigenvalue weighted by molar-refractivity contribution is -0.139. The molecule has 18 heavy (non-hydrogen) atoms. The molecule has 0 radical (unpaired) electrons. The SMILES string of the molecule is CCNCc1cccc(Cl)c1SCC(=O)OCC. The molecule has 0 heterocycles. The number of benzene rings is 1. The first-order valence-electron chi connectivity index (χ1n) is 5.95. The van der Waals surface area contributed by atoms with Gasteiger partial charge < -0.3 is 10.1 Å². The summed E-state index contributed by atoms with van der Waals surface area (Å²) >= 11 is 7.59. The van der Waals surface area contributed by atoms with Crippen LogP contribution in [0.4, 0.5) is 0 Å². The Balaban J connectivity index is 2.69. The van der Waals surface area contributed by atoms with E-state index in [1.54, 1.807) is 6.92 Å². The first-order chi connectivity index (χ1) is 8.69. The summed E-state index contributed by atoms with van der Waals surface area (Å²) < 4.78 is 4.91. The van der Waals surface area contributed by atoms with Crippen molar-refractivity contribution in [1.29, 1.82) is 0 Å². The summed E-state index contributed by atoms with van der Waals surface area (Å²) in [6.07, 6.45) is 0. The van der Waals surface area contributed by atoms with E-state index in [0.29, 0.717) is 11.6 Å². The Bertz CT molecular complexity index is 399. The molecule has 0 unspecified atom stereocenters. The fourth-order valence-corrected chi connectivity index (χ4v) is 2.68. The molecule has 0 bridgehead atoms. The van der Waals surface area contributed by atoms with Crippen molar-refractivity contribution in [3.63, 3.8) is 0 Å². The third-order valence-electron chi connectivity index (χ3n) is 2.25. The Morgan fingerprint density at radius 1 is 1.44 bits per heavy atom. The van der Waals surface area contributed by atoms with Gasteiger partial charge in [0.05, 0.1) is 17.4 Å². The quantitative estimate of drug-likeness (QED) is 0.618. The first-order valence-corrected chi connectivity index (χ1v) is 7.31. The minimum absolute atomic E-state index is 0.211. The highest BCUT2D eigenvalue weighted by Gasteiger charge is 2.10. The minimum Gasteiger partial charge on any atom is -0.465 e. The van der Waals surface area contributed by atoms with Crippen LogP contribution in [0.3, 0.4) is 0 Å². The summed E-state index contributed by atoms with van der Waals surface area (Å²) in [5, 5.41) is 3.94. The van der Waals surface area contributed by atoms with Crippen LogP contribution in [-0.2, 0) is 16.1 Å². The maximum Gasteiger partial charge on any atom is 0.316 e. The van der Waals surface area contributed by atoms with Crippen LogP contribution in [0.2, 0.25) is 5.02 Å². The predicted molar refractivity (Wildman–Crippen MR) is 76.2 cm³/mol. The highest BCUT2D eigenvalue weighted by molar-refractivity contribution is 8.00. The van der Waals surface area contributed by atoms with E-state index in [0.717, 1.165) is 23.5 Å². The van der Waals surface area contributed by atoms with Crippen molar-refractivity contribution in [3.8, 4) is 0 Å². The number of carbonyl (C=O) groups is 1. The number of rotatable bonds is 7.